The molecule has 0 saturated carbocycles. The number of thiazole rings is 1. The van der Waals surface area contributed by atoms with Crippen molar-refractivity contribution in [3.63, 3.8) is 0 Å². The number of ether oxygens (including phenoxy) is 1. The quantitative estimate of drug-likeness (QED) is 0.246. The molecule has 0 aliphatic heterocycles. The number of benzene rings is 2. The first-order valence-electron chi connectivity index (χ1n) is 11.1. The Morgan fingerprint density at radius 2 is 1.91 bits per heavy atom. The number of hydrogen-bond acceptors (Lipinski definition) is 7. The summed E-state index contributed by atoms with van der Waals surface area (Å²) in [6, 6.07) is 18.1. The molecular formula is C27H26N2O5S. The minimum Gasteiger partial charge on any atom is -0.487 e. The first-order valence-corrected chi connectivity index (χ1v) is 12.0. The number of rotatable bonds is 10. The van der Waals surface area contributed by atoms with Crippen molar-refractivity contribution in [3.05, 3.63) is 94.1 Å². The second kappa shape index (κ2) is 10.7. The van der Waals surface area contributed by atoms with Crippen LogP contribution in [0.4, 0.5) is 0 Å². The fourth-order valence-electron chi connectivity index (χ4n) is 3.57. The molecule has 4 aromatic rings. The smallest absolute Gasteiger partial charge is 0.256 e. The van der Waals surface area contributed by atoms with E-state index in [1.807, 2.05) is 53.9 Å². The summed E-state index contributed by atoms with van der Waals surface area (Å²) in [5.41, 5.74) is 1.37. The molecule has 0 aliphatic rings. The van der Waals surface area contributed by atoms with E-state index in [2.05, 4.69) is 4.98 Å². The van der Waals surface area contributed by atoms with Crippen molar-refractivity contribution in [2.75, 3.05) is 0 Å². The van der Waals surface area contributed by atoms with Gasteiger partial charge in [-0.2, -0.15) is 0 Å². The summed E-state index contributed by atoms with van der Waals surface area (Å²) in [5, 5.41) is 13.4. The zero-order valence-corrected chi connectivity index (χ0v) is 20.3. The molecule has 2 heterocycles. The minimum absolute atomic E-state index is 0.145. The predicted molar refractivity (Wildman–Crippen MR) is 133 cm³/mol. The van der Waals surface area contributed by atoms with Crippen molar-refractivity contribution in [3.8, 4) is 17.1 Å². The zero-order valence-electron chi connectivity index (χ0n) is 19.5. The number of carbonyl (C=O) groups is 2. The van der Waals surface area contributed by atoms with Gasteiger partial charge in [-0.1, -0.05) is 30.3 Å². The standard InChI is InChI=1S/C27H26N2O5S/c1-27(2,32)29(26(31)20-11-9-19(10-12-20)23-8-5-15-33-23)16-21-6-3-4-7-24(21)34-17-22-18-35-25(28-22)13-14-30/h3-12,14-15,18,32H,13,16-17H2,1-2H3. The number of carbonyl (C=O) groups excluding carboxylic acids is 2. The third-order valence-electron chi connectivity index (χ3n) is 5.38. The molecule has 0 unspecified atom stereocenters. The van der Waals surface area contributed by atoms with Gasteiger partial charge < -0.3 is 24.0 Å². The van der Waals surface area contributed by atoms with E-state index in [0.29, 0.717) is 17.1 Å². The molecule has 8 heteroatoms. The van der Waals surface area contributed by atoms with E-state index in [4.69, 9.17) is 9.15 Å². The molecule has 2 aromatic heterocycles. The highest BCUT2D eigenvalue weighted by molar-refractivity contribution is 7.09. The number of hydrogen-bond donors (Lipinski definition) is 1. The summed E-state index contributed by atoms with van der Waals surface area (Å²) in [4.78, 5) is 29.9. The molecule has 0 spiro atoms. The molecule has 0 atom stereocenters. The lowest BCUT2D eigenvalue weighted by molar-refractivity contribution is -0.107. The SMILES string of the molecule is CC(C)(O)N(Cc1ccccc1OCc1csc(CC=O)n1)C(=O)c1ccc(-c2ccco2)cc1. The van der Waals surface area contributed by atoms with Crippen LogP contribution in [-0.2, 0) is 24.4 Å². The first kappa shape index (κ1) is 24.4. The van der Waals surface area contributed by atoms with Crippen LogP contribution < -0.4 is 4.74 Å². The summed E-state index contributed by atoms with van der Waals surface area (Å²) >= 11 is 1.41. The van der Waals surface area contributed by atoms with Gasteiger partial charge >= 0.3 is 0 Å². The summed E-state index contributed by atoms with van der Waals surface area (Å²) in [6.07, 6.45) is 2.71. The van der Waals surface area contributed by atoms with Gasteiger partial charge in [0.2, 0.25) is 0 Å². The Balaban J connectivity index is 1.52. The van der Waals surface area contributed by atoms with Crippen molar-refractivity contribution >= 4 is 23.5 Å². The summed E-state index contributed by atoms with van der Waals surface area (Å²) in [6.45, 7) is 3.54. The monoisotopic (exact) mass is 490 g/mol. The minimum atomic E-state index is -1.41. The molecule has 1 N–H and O–H groups in total. The maximum atomic E-state index is 13.4. The molecule has 7 nitrogen and oxygen atoms in total. The van der Waals surface area contributed by atoms with Crippen LogP contribution in [0.5, 0.6) is 5.75 Å². The fourth-order valence-corrected chi connectivity index (χ4v) is 4.29. The number of nitrogens with zero attached hydrogens (tertiary/aromatic N) is 2. The topological polar surface area (TPSA) is 92.9 Å². The Kier molecular flexibility index (Phi) is 7.43. The van der Waals surface area contributed by atoms with Gasteiger partial charge in [0.1, 0.15) is 35.1 Å². The van der Waals surface area contributed by atoms with E-state index in [0.717, 1.165) is 28.1 Å². The van der Waals surface area contributed by atoms with Crippen LogP contribution in [0, 0.1) is 0 Å². The van der Waals surface area contributed by atoms with Gasteiger partial charge in [0, 0.05) is 22.1 Å². The van der Waals surface area contributed by atoms with Gasteiger partial charge in [0.25, 0.3) is 5.91 Å². The maximum absolute atomic E-state index is 13.4. The molecular weight excluding hydrogens is 464 g/mol. The highest BCUT2D eigenvalue weighted by Gasteiger charge is 2.30. The highest BCUT2D eigenvalue weighted by Crippen LogP contribution is 2.27. The summed E-state index contributed by atoms with van der Waals surface area (Å²) < 4.78 is 11.4. The average molecular weight is 491 g/mol. The van der Waals surface area contributed by atoms with E-state index in [9.17, 15) is 14.7 Å². The van der Waals surface area contributed by atoms with Crippen LogP contribution in [0.3, 0.4) is 0 Å². The second-order valence-electron chi connectivity index (χ2n) is 8.44. The lowest BCUT2D eigenvalue weighted by Gasteiger charge is -2.34. The van der Waals surface area contributed by atoms with Crippen LogP contribution in [0.1, 0.15) is 40.5 Å². The lowest BCUT2D eigenvalue weighted by Crippen LogP contribution is -2.47. The molecule has 0 radical (unpaired) electrons. The number of amides is 1. The number of aromatic nitrogens is 1. The molecule has 4 rings (SSSR count). The Morgan fingerprint density at radius 3 is 2.60 bits per heavy atom. The van der Waals surface area contributed by atoms with E-state index < -0.39 is 5.72 Å². The maximum Gasteiger partial charge on any atom is 0.256 e. The number of furan rings is 1. The first-order chi connectivity index (χ1) is 16.8. The van der Waals surface area contributed by atoms with E-state index in [1.165, 1.54) is 16.2 Å². The van der Waals surface area contributed by atoms with E-state index in [-0.39, 0.29) is 25.5 Å². The van der Waals surface area contributed by atoms with Crippen molar-refractivity contribution in [2.24, 2.45) is 0 Å². The van der Waals surface area contributed by atoms with Gasteiger partial charge in [0.15, 0.2) is 0 Å². The third-order valence-corrected chi connectivity index (χ3v) is 6.30. The van der Waals surface area contributed by atoms with Crippen LogP contribution >= 0.6 is 11.3 Å². The fraction of sp³-hybridized carbons (Fsp3) is 0.222. The summed E-state index contributed by atoms with van der Waals surface area (Å²) in [5.74, 6) is 0.997. The van der Waals surface area contributed by atoms with Gasteiger partial charge in [-0.15, -0.1) is 11.3 Å². The highest BCUT2D eigenvalue weighted by atomic mass is 32.1. The van der Waals surface area contributed by atoms with Gasteiger partial charge in [-0.3, -0.25) is 4.79 Å². The largest absolute Gasteiger partial charge is 0.487 e. The van der Waals surface area contributed by atoms with Crippen LogP contribution in [0.2, 0.25) is 0 Å². The molecule has 0 aliphatic carbocycles. The Morgan fingerprint density at radius 1 is 1.14 bits per heavy atom. The van der Waals surface area contributed by atoms with Gasteiger partial charge in [-0.25, -0.2) is 4.98 Å². The number of aldehydes is 1. The number of para-hydroxylation sites is 1. The van der Waals surface area contributed by atoms with E-state index >= 15 is 0 Å². The molecule has 1 amide bonds. The summed E-state index contributed by atoms with van der Waals surface area (Å²) in [7, 11) is 0. The molecule has 2 aromatic carbocycles. The Labute approximate surface area is 207 Å². The van der Waals surface area contributed by atoms with Crippen molar-refractivity contribution in [1.82, 2.24) is 9.88 Å². The van der Waals surface area contributed by atoms with Crippen LogP contribution in [0.15, 0.2) is 76.7 Å². The van der Waals surface area contributed by atoms with Crippen LogP contribution in [0.25, 0.3) is 11.3 Å². The second-order valence-corrected chi connectivity index (χ2v) is 9.38. The third kappa shape index (κ3) is 6.03. The lowest BCUT2D eigenvalue weighted by atomic mass is 10.1. The molecule has 0 fully saturated rings. The molecule has 180 valence electrons. The van der Waals surface area contributed by atoms with Crippen molar-refractivity contribution in [1.29, 1.82) is 0 Å². The molecule has 0 saturated heterocycles. The van der Waals surface area contributed by atoms with Gasteiger partial charge in [-0.05, 0) is 44.2 Å². The number of aliphatic hydroxyl groups is 1. The zero-order chi connectivity index (χ0) is 24.8. The Hall–Kier alpha value is -3.75. The van der Waals surface area contributed by atoms with E-state index in [1.54, 1.807) is 32.2 Å². The van der Waals surface area contributed by atoms with Crippen molar-refractivity contribution < 1.29 is 23.8 Å². The van der Waals surface area contributed by atoms with Crippen molar-refractivity contribution in [2.45, 2.75) is 39.1 Å². The Bertz CT molecular complexity index is 1270. The normalized spacial score (nSPS) is 11.3. The van der Waals surface area contributed by atoms with Gasteiger partial charge in [0.05, 0.1) is 24.9 Å². The van der Waals surface area contributed by atoms with Crippen LogP contribution in [-0.4, -0.2) is 32.9 Å². The molecule has 0 bridgehead atoms. The average Bonchev–Trinajstić information content (AvgIpc) is 3.54. The predicted octanol–water partition coefficient (Wildman–Crippen LogP) is 5.09. The molecule has 35 heavy (non-hydrogen) atoms.